The number of hydrogen-bond donors (Lipinski definition) is 4. The van der Waals surface area contributed by atoms with Crippen LogP contribution in [0.4, 0.5) is 0 Å². The maximum atomic E-state index is 10.4. The van der Waals surface area contributed by atoms with E-state index >= 15 is 0 Å². The Morgan fingerprint density at radius 1 is 1.36 bits per heavy atom. The second-order valence-corrected chi connectivity index (χ2v) is 6.86. The summed E-state index contributed by atoms with van der Waals surface area (Å²) in [7, 11) is 0. The molecule has 25 heavy (non-hydrogen) atoms. The summed E-state index contributed by atoms with van der Waals surface area (Å²) in [6.45, 7) is 2.46. The van der Waals surface area contributed by atoms with E-state index in [0.717, 1.165) is 37.0 Å². The van der Waals surface area contributed by atoms with Crippen LogP contribution >= 0.6 is 0 Å². The van der Waals surface area contributed by atoms with E-state index in [1.54, 1.807) is 0 Å². The molecular weight excluding hydrogens is 322 g/mol. The van der Waals surface area contributed by atoms with Crippen LogP contribution in [0, 0.1) is 23.7 Å². The van der Waals surface area contributed by atoms with Crippen LogP contribution < -0.4 is 5.48 Å². The van der Waals surface area contributed by atoms with Crippen LogP contribution in [-0.4, -0.2) is 40.1 Å². The van der Waals surface area contributed by atoms with Crippen LogP contribution in [-0.2, 0) is 9.63 Å². The average Bonchev–Trinajstić information content (AvgIpc) is 2.79. The minimum Gasteiger partial charge on any atom is -0.481 e. The Morgan fingerprint density at radius 3 is 2.88 bits per heavy atom. The first kappa shape index (κ1) is 19.8. The van der Waals surface area contributed by atoms with Gasteiger partial charge in [-0.3, -0.25) is 15.1 Å². The molecule has 1 fully saturated rings. The molecular formula is C19H29NO5. The molecule has 0 heterocycles. The molecule has 2 aliphatic carbocycles. The molecule has 6 nitrogen and oxygen atoms in total. The molecule has 2 rings (SSSR count). The molecule has 2 aliphatic rings. The first-order valence-corrected chi connectivity index (χ1v) is 9.21. The van der Waals surface area contributed by atoms with Crippen molar-refractivity contribution >= 4 is 5.97 Å². The Labute approximate surface area is 149 Å². The van der Waals surface area contributed by atoms with Crippen LogP contribution in [0.15, 0.2) is 11.3 Å². The zero-order chi connectivity index (χ0) is 18.2. The molecule has 0 aromatic carbocycles. The predicted octanol–water partition coefficient (Wildman–Crippen LogP) is 1.97. The minimum absolute atomic E-state index is 0.0904. The molecule has 0 aliphatic heterocycles. The minimum atomic E-state index is -0.827. The van der Waals surface area contributed by atoms with E-state index < -0.39 is 18.2 Å². The summed E-state index contributed by atoms with van der Waals surface area (Å²) in [5.41, 5.74) is 5.01. The first-order valence-electron chi connectivity index (χ1n) is 9.21. The Kier molecular flexibility index (Phi) is 7.76. The van der Waals surface area contributed by atoms with Gasteiger partial charge in [0, 0.05) is 18.0 Å². The van der Waals surface area contributed by atoms with E-state index in [9.17, 15) is 15.0 Å². The number of aliphatic hydroxyl groups is 2. The van der Waals surface area contributed by atoms with Crippen LogP contribution in [0.25, 0.3) is 0 Å². The standard InChI is InChI=1S/C19H29NO5/c1-2-3-4-6-14(21)9-8-13-11-15-16(19(13)24)12-17(15)20-25-10-5-7-18(22)23/h13-14,16,19-21,24H,2-7,10-12H2,1H3,(H,22,23). The summed E-state index contributed by atoms with van der Waals surface area (Å²) in [4.78, 5) is 15.7. The van der Waals surface area contributed by atoms with E-state index in [-0.39, 0.29) is 18.3 Å². The van der Waals surface area contributed by atoms with E-state index in [4.69, 9.17) is 9.94 Å². The Bertz CT molecular complexity index is 548. The number of hydrogen-bond acceptors (Lipinski definition) is 5. The van der Waals surface area contributed by atoms with E-state index in [2.05, 4.69) is 24.2 Å². The highest BCUT2D eigenvalue weighted by Gasteiger charge is 2.45. The second kappa shape index (κ2) is 9.81. The van der Waals surface area contributed by atoms with Crippen LogP contribution in [0.5, 0.6) is 0 Å². The Balaban J connectivity index is 1.75. The average molecular weight is 351 g/mol. The highest BCUT2D eigenvalue weighted by molar-refractivity contribution is 5.66. The van der Waals surface area contributed by atoms with Crippen LogP contribution in [0.2, 0.25) is 0 Å². The third-order valence-electron chi connectivity index (χ3n) is 4.87. The topological polar surface area (TPSA) is 99.0 Å². The molecule has 4 N–H and O–H groups in total. The van der Waals surface area contributed by atoms with Gasteiger partial charge in [-0.05, 0) is 37.7 Å². The fourth-order valence-corrected chi connectivity index (χ4v) is 3.35. The van der Waals surface area contributed by atoms with Gasteiger partial charge in [-0.15, -0.1) is 0 Å². The van der Waals surface area contributed by atoms with Crippen molar-refractivity contribution in [3.63, 3.8) is 0 Å². The number of allylic oxidation sites excluding steroid dienone is 1. The van der Waals surface area contributed by atoms with Gasteiger partial charge in [-0.25, -0.2) is 0 Å². The van der Waals surface area contributed by atoms with Crippen molar-refractivity contribution in [3.8, 4) is 11.8 Å². The number of aliphatic hydroxyl groups excluding tert-OH is 2. The van der Waals surface area contributed by atoms with Gasteiger partial charge in [-0.1, -0.05) is 31.6 Å². The highest BCUT2D eigenvalue weighted by Crippen LogP contribution is 2.48. The molecule has 0 spiro atoms. The van der Waals surface area contributed by atoms with Gasteiger partial charge in [0.25, 0.3) is 0 Å². The Morgan fingerprint density at radius 2 is 2.16 bits per heavy atom. The van der Waals surface area contributed by atoms with Gasteiger partial charge in [0.2, 0.25) is 0 Å². The van der Waals surface area contributed by atoms with Gasteiger partial charge in [-0.2, -0.15) is 0 Å². The molecule has 0 aromatic rings. The van der Waals surface area contributed by atoms with Gasteiger partial charge in [0.05, 0.1) is 18.6 Å². The summed E-state index contributed by atoms with van der Waals surface area (Å²) in [5, 5.41) is 28.8. The van der Waals surface area contributed by atoms with Gasteiger partial charge >= 0.3 is 5.97 Å². The molecule has 4 unspecified atom stereocenters. The van der Waals surface area contributed by atoms with Gasteiger partial charge in [0.15, 0.2) is 0 Å². The molecule has 0 amide bonds. The van der Waals surface area contributed by atoms with Crippen molar-refractivity contribution in [3.05, 3.63) is 11.3 Å². The van der Waals surface area contributed by atoms with Crippen molar-refractivity contribution in [2.45, 2.75) is 70.5 Å². The lowest BCUT2D eigenvalue weighted by Crippen LogP contribution is -2.32. The summed E-state index contributed by atoms with van der Waals surface area (Å²) in [6, 6.07) is 0. The number of aliphatic carboxylic acids is 1. The number of rotatable bonds is 10. The number of fused-ring (bicyclic) bond motifs is 1. The quantitative estimate of drug-likeness (QED) is 0.273. The summed E-state index contributed by atoms with van der Waals surface area (Å²) >= 11 is 0. The normalized spacial score (nSPS) is 25.6. The zero-order valence-electron chi connectivity index (χ0n) is 14.8. The number of hydroxylamine groups is 1. The number of carboxylic acid groups (broad SMARTS) is 1. The lowest BCUT2D eigenvalue weighted by molar-refractivity contribution is -0.137. The van der Waals surface area contributed by atoms with E-state index in [0.29, 0.717) is 25.9 Å². The number of carboxylic acids is 1. The number of carbonyl (C=O) groups is 1. The maximum absolute atomic E-state index is 10.4. The smallest absolute Gasteiger partial charge is 0.303 e. The number of nitrogens with one attached hydrogen (secondary N) is 1. The van der Waals surface area contributed by atoms with Crippen molar-refractivity contribution in [2.75, 3.05) is 6.61 Å². The summed E-state index contributed by atoms with van der Waals surface area (Å²) < 4.78 is 0. The number of unbranched alkanes of at least 4 members (excludes halogenated alkanes) is 2. The van der Waals surface area contributed by atoms with Gasteiger partial charge in [0.1, 0.15) is 6.10 Å². The van der Waals surface area contributed by atoms with Crippen molar-refractivity contribution < 1.29 is 25.0 Å². The molecule has 1 saturated carbocycles. The van der Waals surface area contributed by atoms with E-state index in [1.165, 1.54) is 0 Å². The molecule has 0 radical (unpaired) electrons. The SMILES string of the molecule is CCCCCC(O)C#CC1CC2=C(NOCCCC(=O)O)CC2C1O. The Hall–Kier alpha value is -1.55. The fourth-order valence-electron chi connectivity index (χ4n) is 3.35. The monoisotopic (exact) mass is 351 g/mol. The fraction of sp³-hybridized carbons (Fsp3) is 0.737. The summed E-state index contributed by atoms with van der Waals surface area (Å²) in [6.07, 6.45) is 4.76. The third kappa shape index (κ3) is 5.74. The molecule has 6 heteroatoms. The first-order chi connectivity index (χ1) is 12.0. The largest absolute Gasteiger partial charge is 0.481 e. The van der Waals surface area contributed by atoms with Gasteiger partial charge < -0.3 is 15.3 Å². The summed E-state index contributed by atoms with van der Waals surface area (Å²) in [5.74, 6) is 5.10. The second-order valence-electron chi connectivity index (χ2n) is 6.86. The van der Waals surface area contributed by atoms with Crippen LogP contribution in [0.3, 0.4) is 0 Å². The third-order valence-corrected chi connectivity index (χ3v) is 4.87. The van der Waals surface area contributed by atoms with Crippen LogP contribution in [0.1, 0.15) is 58.3 Å². The van der Waals surface area contributed by atoms with Crippen molar-refractivity contribution in [1.29, 1.82) is 0 Å². The lowest BCUT2D eigenvalue weighted by Gasteiger charge is -2.30. The molecule has 4 atom stereocenters. The predicted molar refractivity (Wildman–Crippen MR) is 93.1 cm³/mol. The lowest BCUT2D eigenvalue weighted by atomic mass is 9.83. The maximum Gasteiger partial charge on any atom is 0.303 e. The van der Waals surface area contributed by atoms with Crippen molar-refractivity contribution in [1.82, 2.24) is 5.48 Å². The molecule has 0 saturated heterocycles. The highest BCUT2D eigenvalue weighted by atomic mass is 16.6. The molecule has 0 bridgehead atoms. The zero-order valence-corrected chi connectivity index (χ0v) is 14.8. The molecule has 140 valence electrons. The van der Waals surface area contributed by atoms with E-state index in [1.807, 2.05) is 0 Å². The van der Waals surface area contributed by atoms with Crippen molar-refractivity contribution in [2.24, 2.45) is 11.8 Å². The molecule has 0 aromatic heterocycles.